The minimum absolute atomic E-state index is 0.0145. The fraction of sp³-hybridized carbons (Fsp3) is 0.846. The molecule has 1 heterocycles. The number of nitrogens with zero attached hydrogens (tertiary/aromatic N) is 1. The van der Waals surface area contributed by atoms with Gasteiger partial charge in [0, 0.05) is 6.04 Å². The molecule has 0 radical (unpaired) electrons. The van der Waals surface area contributed by atoms with Crippen LogP contribution in [0, 0.1) is 5.92 Å². The van der Waals surface area contributed by atoms with Crippen molar-refractivity contribution in [2.24, 2.45) is 5.92 Å². The molecule has 1 N–H and O–H groups in total. The van der Waals surface area contributed by atoms with Gasteiger partial charge < -0.3 is 10.2 Å². The van der Waals surface area contributed by atoms with E-state index in [-0.39, 0.29) is 23.9 Å². The van der Waals surface area contributed by atoms with Crippen molar-refractivity contribution >= 4 is 11.8 Å². The third kappa shape index (κ3) is 1.83. The van der Waals surface area contributed by atoms with Gasteiger partial charge in [0.2, 0.25) is 11.8 Å². The largest absolute Gasteiger partial charge is 0.340 e. The van der Waals surface area contributed by atoms with Crippen molar-refractivity contribution in [1.29, 1.82) is 0 Å². The van der Waals surface area contributed by atoms with Crippen LogP contribution in [0.15, 0.2) is 0 Å². The summed E-state index contributed by atoms with van der Waals surface area (Å²) in [4.78, 5) is 26.4. The monoisotopic (exact) mass is 238 g/mol. The first kappa shape index (κ1) is 12.4. The maximum atomic E-state index is 12.6. The fourth-order valence-corrected chi connectivity index (χ4v) is 2.70. The number of carbonyl (C=O) groups is 2. The van der Waals surface area contributed by atoms with Gasteiger partial charge in [-0.05, 0) is 46.0 Å². The van der Waals surface area contributed by atoms with Gasteiger partial charge in [-0.3, -0.25) is 9.59 Å². The molecule has 96 valence electrons. The summed E-state index contributed by atoms with van der Waals surface area (Å²) in [7, 11) is 0. The summed E-state index contributed by atoms with van der Waals surface area (Å²) < 4.78 is 0. The summed E-state index contributed by atoms with van der Waals surface area (Å²) >= 11 is 0. The zero-order valence-electron chi connectivity index (χ0n) is 11.1. The normalized spacial score (nSPS) is 35.8. The second-order valence-electron chi connectivity index (χ2n) is 5.61. The maximum Gasteiger partial charge on any atom is 0.249 e. The molecule has 1 aliphatic carbocycles. The lowest BCUT2D eigenvalue weighted by molar-refractivity contribution is -0.157. The molecule has 17 heavy (non-hydrogen) atoms. The fourth-order valence-electron chi connectivity index (χ4n) is 2.70. The Labute approximate surface area is 103 Å². The number of rotatable bonds is 3. The molecule has 2 rings (SSSR count). The smallest absolute Gasteiger partial charge is 0.249 e. The van der Waals surface area contributed by atoms with Gasteiger partial charge in [-0.2, -0.15) is 0 Å². The Bertz CT molecular complexity index is 351. The van der Waals surface area contributed by atoms with Crippen LogP contribution in [0.25, 0.3) is 0 Å². The van der Waals surface area contributed by atoms with Crippen molar-refractivity contribution < 1.29 is 9.59 Å². The maximum absolute atomic E-state index is 12.6. The number of hydrogen-bond donors (Lipinski definition) is 1. The molecule has 0 aromatic carbocycles. The number of amides is 2. The molecular weight excluding hydrogens is 216 g/mol. The standard InChI is InChI=1S/C13H22N2O2/c1-5-8(2)15-9(3)11(16)14-13(4,12(15)17)10-6-7-10/h8-10H,5-7H2,1-4H3,(H,14,16). The van der Waals surface area contributed by atoms with E-state index in [4.69, 9.17) is 0 Å². The van der Waals surface area contributed by atoms with Crippen LogP contribution in [0.3, 0.4) is 0 Å². The Morgan fingerprint density at radius 2 is 2.06 bits per heavy atom. The van der Waals surface area contributed by atoms with Crippen molar-refractivity contribution in [3.8, 4) is 0 Å². The summed E-state index contributed by atoms with van der Waals surface area (Å²) in [5.41, 5.74) is -0.660. The summed E-state index contributed by atoms with van der Waals surface area (Å²) in [6.45, 7) is 7.75. The van der Waals surface area contributed by atoms with E-state index in [0.29, 0.717) is 5.92 Å². The van der Waals surface area contributed by atoms with E-state index >= 15 is 0 Å². The molecule has 1 aliphatic heterocycles. The van der Waals surface area contributed by atoms with E-state index in [1.54, 1.807) is 4.90 Å². The lowest BCUT2D eigenvalue weighted by Crippen LogP contribution is -2.70. The molecule has 0 aromatic heterocycles. The Kier molecular flexibility index (Phi) is 2.92. The van der Waals surface area contributed by atoms with E-state index < -0.39 is 5.54 Å². The molecule has 4 heteroatoms. The number of carbonyl (C=O) groups excluding carboxylic acids is 2. The van der Waals surface area contributed by atoms with Crippen LogP contribution in [0.1, 0.15) is 47.0 Å². The van der Waals surface area contributed by atoms with Gasteiger partial charge in [0.15, 0.2) is 0 Å². The Hall–Kier alpha value is -1.06. The SMILES string of the molecule is CCC(C)N1C(=O)C(C)(C2CC2)NC(=O)C1C. The molecule has 3 unspecified atom stereocenters. The zero-order chi connectivity index (χ0) is 12.8. The van der Waals surface area contributed by atoms with E-state index in [9.17, 15) is 9.59 Å². The summed E-state index contributed by atoms with van der Waals surface area (Å²) in [6.07, 6.45) is 2.97. The van der Waals surface area contributed by atoms with Crippen LogP contribution >= 0.6 is 0 Å². The van der Waals surface area contributed by atoms with Gasteiger partial charge in [0.05, 0.1) is 0 Å². The molecule has 3 atom stereocenters. The molecule has 0 bridgehead atoms. The van der Waals surface area contributed by atoms with Gasteiger partial charge in [-0.15, -0.1) is 0 Å². The molecule has 0 aromatic rings. The van der Waals surface area contributed by atoms with Crippen LogP contribution in [0.5, 0.6) is 0 Å². The Morgan fingerprint density at radius 1 is 1.47 bits per heavy atom. The zero-order valence-corrected chi connectivity index (χ0v) is 11.1. The summed E-state index contributed by atoms with van der Waals surface area (Å²) in [5, 5.41) is 2.93. The van der Waals surface area contributed by atoms with Crippen LogP contribution in [-0.2, 0) is 9.59 Å². The van der Waals surface area contributed by atoms with Gasteiger partial charge in [0.25, 0.3) is 0 Å². The molecule has 1 saturated heterocycles. The highest BCUT2D eigenvalue weighted by Gasteiger charge is 2.55. The average molecular weight is 238 g/mol. The lowest BCUT2D eigenvalue weighted by Gasteiger charge is -2.46. The Balaban J connectivity index is 2.30. The molecule has 2 amide bonds. The van der Waals surface area contributed by atoms with Crippen LogP contribution < -0.4 is 5.32 Å². The van der Waals surface area contributed by atoms with Crippen LogP contribution in [0.2, 0.25) is 0 Å². The van der Waals surface area contributed by atoms with E-state index in [2.05, 4.69) is 5.32 Å². The van der Waals surface area contributed by atoms with Crippen LogP contribution in [-0.4, -0.2) is 34.3 Å². The highest BCUT2D eigenvalue weighted by molar-refractivity contribution is 6.00. The highest BCUT2D eigenvalue weighted by Crippen LogP contribution is 2.42. The van der Waals surface area contributed by atoms with Gasteiger partial charge in [0.1, 0.15) is 11.6 Å². The summed E-state index contributed by atoms with van der Waals surface area (Å²) in [5.74, 6) is 0.416. The predicted octanol–water partition coefficient (Wildman–Crippen LogP) is 1.30. The third-order valence-corrected chi connectivity index (χ3v) is 4.32. The first-order chi connectivity index (χ1) is 7.91. The quantitative estimate of drug-likeness (QED) is 0.805. The van der Waals surface area contributed by atoms with Crippen molar-refractivity contribution in [3.05, 3.63) is 0 Å². The number of nitrogens with one attached hydrogen (secondary N) is 1. The number of piperazine rings is 1. The average Bonchev–Trinajstić information content (AvgIpc) is 3.10. The molecule has 1 saturated carbocycles. The van der Waals surface area contributed by atoms with Crippen molar-refractivity contribution in [2.75, 3.05) is 0 Å². The minimum atomic E-state index is -0.660. The minimum Gasteiger partial charge on any atom is -0.340 e. The van der Waals surface area contributed by atoms with E-state index in [1.807, 2.05) is 27.7 Å². The predicted molar refractivity (Wildman–Crippen MR) is 65.3 cm³/mol. The van der Waals surface area contributed by atoms with Gasteiger partial charge >= 0.3 is 0 Å². The van der Waals surface area contributed by atoms with E-state index in [0.717, 1.165) is 19.3 Å². The Morgan fingerprint density at radius 3 is 2.53 bits per heavy atom. The molecule has 2 fully saturated rings. The third-order valence-electron chi connectivity index (χ3n) is 4.32. The molecule has 2 aliphatic rings. The second-order valence-corrected chi connectivity index (χ2v) is 5.61. The van der Waals surface area contributed by atoms with E-state index in [1.165, 1.54) is 0 Å². The first-order valence-electron chi connectivity index (χ1n) is 6.56. The highest BCUT2D eigenvalue weighted by atomic mass is 16.2. The van der Waals surface area contributed by atoms with Crippen molar-refractivity contribution in [2.45, 2.75) is 64.6 Å². The second kappa shape index (κ2) is 4.00. The first-order valence-corrected chi connectivity index (χ1v) is 6.56. The topological polar surface area (TPSA) is 49.4 Å². The van der Waals surface area contributed by atoms with Crippen molar-refractivity contribution in [1.82, 2.24) is 10.2 Å². The lowest BCUT2D eigenvalue weighted by atomic mass is 9.88. The van der Waals surface area contributed by atoms with Gasteiger partial charge in [-0.25, -0.2) is 0 Å². The van der Waals surface area contributed by atoms with Crippen molar-refractivity contribution in [3.63, 3.8) is 0 Å². The van der Waals surface area contributed by atoms with Crippen LogP contribution in [0.4, 0.5) is 0 Å². The molecule has 4 nitrogen and oxygen atoms in total. The molecular formula is C13H22N2O2. The summed E-state index contributed by atoms with van der Waals surface area (Å²) in [6, 6.07) is -0.217. The number of hydrogen-bond acceptors (Lipinski definition) is 2. The van der Waals surface area contributed by atoms with Gasteiger partial charge in [-0.1, -0.05) is 6.92 Å². The molecule has 0 spiro atoms.